The molecule has 0 spiro atoms. The van der Waals surface area contributed by atoms with Crippen molar-refractivity contribution in [1.29, 1.82) is 0 Å². The van der Waals surface area contributed by atoms with Gasteiger partial charge in [-0.25, -0.2) is 15.0 Å². The summed E-state index contributed by atoms with van der Waals surface area (Å²) in [5.74, 6) is 4.33. The van der Waals surface area contributed by atoms with Crippen molar-refractivity contribution in [3.63, 3.8) is 0 Å². The first-order valence-electron chi connectivity index (χ1n) is 6.42. The van der Waals surface area contributed by atoms with Crippen molar-refractivity contribution in [3.8, 4) is 0 Å². The van der Waals surface area contributed by atoms with E-state index in [4.69, 9.17) is 5.84 Å². The first-order chi connectivity index (χ1) is 9.60. The van der Waals surface area contributed by atoms with Crippen LogP contribution in [0.1, 0.15) is 12.8 Å². The molecule has 0 aliphatic carbocycles. The molecule has 0 saturated carbocycles. The molecule has 1 aliphatic heterocycles. The lowest BCUT2D eigenvalue weighted by Gasteiger charge is -2.31. The number of nitrogens with one attached hydrogen (secondary N) is 2. The predicted molar refractivity (Wildman–Crippen MR) is 72.0 cm³/mol. The van der Waals surface area contributed by atoms with Gasteiger partial charge in [-0.2, -0.15) is 0 Å². The number of anilines is 1. The summed E-state index contributed by atoms with van der Waals surface area (Å²) in [5.41, 5.74) is 2.54. The fraction of sp³-hybridized carbons (Fsp3) is 0.385. The molecule has 1 aromatic rings. The van der Waals surface area contributed by atoms with E-state index < -0.39 is 5.82 Å². The molecule has 1 heterocycles. The molecule has 20 heavy (non-hydrogen) atoms. The molecule has 0 bridgehead atoms. The lowest BCUT2D eigenvalue weighted by atomic mass is 9.96. The highest BCUT2D eigenvalue weighted by Crippen LogP contribution is 2.18. The maximum atomic E-state index is 13.0. The van der Waals surface area contributed by atoms with Gasteiger partial charge in [0.1, 0.15) is 5.82 Å². The first kappa shape index (κ1) is 14.3. The molecule has 0 unspecified atom stereocenters. The SMILES string of the molecule is NNC(=O)C1CCN(C(=O)Nc2cccc(F)c2)CC1. The van der Waals surface area contributed by atoms with Crippen LogP contribution in [0.25, 0.3) is 0 Å². The maximum absolute atomic E-state index is 13.0. The number of hydrogen-bond acceptors (Lipinski definition) is 3. The Bertz CT molecular complexity index is 501. The molecule has 1 aliphatic rings. The van der Waals surface area contributed by atoms with Gasteiger partial charge < -0.3 is 10.2 Å². The van der Waals surface area contributed by atoms with Gasteiger partial charge in [-0.3, -0.25) is 10.2 Å². The van der Waals surface area contributed by atoms with E-state index in [1.807, 2.05) is 0 Å². The van der Waals surface area contributed by atoms with Gasteiger partial charge in [0.25, 0.3) is 0 Å². The van der Waals surface area contributed by atoms with Crippen LogP contribution < -0.4 is 16.6 Å². The number of nitrogens with zero attached hydrogens (tertiary/aromatic N) is 1. The normalized spacial score (nSPS) is 15.8. The summed E-state index contributed by atoms with van der Waals surface area (Å²) >= 11 is 0. The van der Waals surface area contributed by atoms with E-state index >= 15 is 0 Å². The van der Waals surface area contributed by atoms with Gasteiger partial charge in [0, 0.05) is 24.7 Å². The van der Waals surface area contributed by atoms with Crippen LogP contribution in [0.15, 0.2) is 24.3 Å². The van der Waals surface area contributed by atoms with Gasteiger partial charge in [-0.1, -0.05) is 6.07 Å². The molecule has 6 nitrogen and oxygen atoms in total. The maximum Gasteiger partial charge on any atom is 0.321 e. The number of likely N-dealkylation sites (tertiary alicyclic amines) is 1. The number of piperidine rings is 1. The number of urea groups is 1. The summed E-state index contributed by atoms with van der Waals surface area (Å²) in [4.78, 5) is 25.0. The third kappa shape index (κ3) is 3.45. The van der Waals surface area contributed by atoms with Crippen molar-refractivity contribution in [3.05, 3.63) is 30.1 Å². The number of hydrogen-bond donors (Lipinski definition) is 3. The van der Waals surface area contributed by atoms with Gasteiger partial charge in [0.05, 0.1) is 0 Å². The Hall–Kier alpha value is -2.15. The van der Waals surface area contributed by atoms with Crippen LogP contribution in [-0.2, 0) is 4.79 Å². The number of nitrogens with two attached hydrogens (primary N) is 1. The topological polar surface area (TPSA) is 87.5 Å². The smallest absolute Gasteiger partial charge is 0.321 e. The minimum atomic E-state index is -0.402. The summed E-state index contributed by atoms with van der Waals surface area (Å²) in [7, 11) is 0. The van der Waals surface area contributed by atoms with Crippen LogP contribution in [-0.4, -0.2) is 29.9 Å². The highest BCUT2D eigenvalue weighted by molar-refractivity contribution is 5.89. The number of carbonyl (C=O) groups excluding carboxylic acids is 2. The standard InChI is InChI=1S/C13H17FN4O2/c14-10-2-1-3-11(8-10)16-13(20)18-6-4-9(5-7-18)12(19)17-15/h1-3,8-9H,4-7,15H2,(H,16,20)(H,17,19). The molecule has 4 N–H and O–H groups in total. The van der Waals surface area contributed by atoms with Crippen LogP contribution >= 0.6 is 0 Å². The molecule has 0 aromatic heterocycles. The quantitative estimate of drug-likeness (QED) is 0.430. The summed E-state index contributed by atoms with van der Waals surface area (Å²) in [5, 5.41) is 2.63. The Morgan fingerprint density at radius 2 is 2.00 bits per heavy atom. The number of carbonyl (C=O) groups is 2. The molecule has 0 atom stereocenters. The van der Waals surface area contributed by atoms with E-state index in [9.17, 15) is 14.0 Å². The number of benzene rings is 1. The van der Waals surface area contributed by atoms with Crippen LogP contribution in [0.2, 0.25) is 0 Å². The van der Waals surface area contributed by atoms with Gasteiger partial charge in [-0.05, 0) is 31.0 Å². The molecular weight excluding hydrogens is 263 g/mol. The fourth-order valence-corrected chi connectivity index (χ4v) is 2.23. The minimum Gasteiger partial charge on any atom is -0.324 e. The summed E-state index contributed by atoms with van der Waals surface area (Å²) in [6.45, 7) is 0.943. The second-order valence-corrected chi connectivity index (χ2v) is 4.71. The minimum absolute atomic E-state index is 0.154. The predicted octanol–water partition coefficient (Wildman–Crippen LogP) is 1.06. The number of rotatable bonds is 2. The fourth-order valence-electron chi connectivity index (χ4n) is 2.23. The van der Waals surface area contributed by atoms with Crippen LogP contribution in [0.3, 0.4) is 0 Å². The van der Waals surface area contributed by atoms with Crippen LogP contribution in [0, 0.1) is 11.7 Å². The molecule has 1 saturated heterocycles. The third-order valence-electron chi connectivity index (χ3n) is 3.37. The molecule has 7 heteroatoms. The Kier molecular flexibility index (Phi) is 4.52. The van der Waals surface area contributed by atoms with Crippen molar-refractivity contribution in [2.24, 2.45) is 11.8 Å². The van der Waals surface area contributed by atoms with E-state index in [-0.39, 0.29) is 17.9 Å². The zero-order valence-electron chi connectivity index (χ0n) is 10.9. The van der Waals surface area contributed by atoms with E-state index in [1.165, 1.54) is 18.2 Å². The van der Waals surface area contributed by atoms with Crippen molar-refractivity contribution in [1.82, 2.24) is 10.3 Å². The number of hydrazine groups is 1. The van der Waals surface area contributed by atoms with Crippen molar-refractivity contribution >= 4 is 17.6 Å². The highest BCUT2D eigenvalue weighted by atomic mass is 19.1. The van der Waals surface area contributed by atoms with Crippen LogP contribution in [0.5, 0.6) is 0 Å². The number of halogens is 1. The Morgan fingerprint density at radius 1 is 1.30 bits per heavy atom. The molecule has 0 radical (unpaired) electrons. The van der Waals surface area contributed by atoms with Gasteiger partial charge in [0.15, 0.2) is 0 Å². The number of amides is 3. The molecule has 1 fully saturated rings. The van der Waals surface area contributed by atoms with Gasteiger partial charge in [0.2, 0.25) is 5.91 Å². The van der Waals surface area contributed by atoms with Gasteiger partial charge in [-0.15, -0.1) is 0 Å². The molecule has 108 valence electrons. The lowest BCUT2D eigenvalue weighted by Crippen LogP contribution is -2.45. The monoisotopic (exact) mass is 280 g/mol. The summed E-state index contributed by atoms with van der Waals surface area (Å²) < 4.78 is 13.0. The lowest BCUT2D eigenvalue weighted by molar-refractivity contribution is -0.126. The first-order valence-corrected chi connectivity index (χ1v) is 6.42. The summed E-state index contributed by atoms with van der Waals surface area (Å²) in [6.07, 6.45) is 1.14. The van der Waals surface area contributed by atoms with Gasteiger partial charge >= 0.3 is 6.03 Å². The molecule has 2 rings (SSSR count). The molecule has 3 amide bonds. The summed E-state index contributed by atoms with van der Waals surface area (Å²) in [6, 6.07) is 5.43. The Balaban J connectivity index is 1.87. The van der Waals surface area contributed by atoms with E-state index in [2.05, 4.69) is 10.7 Å². The van der Waals surface area contributed by atoms with E-state index in [1.54, 1.807) is 11.0 Å². The third-order valence-corrected chi connectivity index (χ3v) is 3.37. The second kappa shape index (κ2) is 6.33. The Morgan fingerprint density at radius 3 is 2.60 bits per heavy atom. The van der Waals surface area contributed by atoms with Crippen LogP contribution in [0.4, 0.5) is 14.9 Å². The largest absolute Gasteiger partial charge is 0.324 e. The Labute approximate surface area is 116 Å². The average molecular weight is 280 g/mol. The van der Waals surface area contributed by atoms with E-state index in [0.717, 1.165) is 0 Å². The molecular formula is C13H17FN4O2. The zero-order valence-corrected chi connectivity index (χ0v) is 10.9. The average Bonchev–Trinajstić information content (AvgIpc) is 2.46. The van der Waals surface area contributed by atoms with Crippen molar-refractivity contribution < 1.29 is 14.0 Å². The highest BCUT2D eigenvalue weighted by Gasteiger charge is 2.26. The zero-order chi connectivity index (χ0) is 14.5. The van der Waals surface area contributed by atoms with E-state index in [0.29, 0.717) is 31.6 Å². The second-order valence-electron chi connectivity index (χ2n) is 4.71. The molecule has 1 aromatic carbocycles. The van der Waals surface area contributed by atoms with Crippen molar-refractivity contribution in [2.45, 2.75) is 12.8 Å². The van der Waals surface area contributed by atoms with Crippen molar-refractivity contribution in [2.75, 3.05) is 18.4 Å².